The Hall–Kier alpha value is -3.32. The summed E-state index contributed by atoms with van der Waals surface area (Å²) in [5.74, 6) is 1.30. The number of rotatable bonds is 4. The smallest absolute Gasteiger partial charge is 0.265 e. The van der Waals surface area contributed by atoms with Crippen molar-refractivity contribution in [3.8, 4) is 11.5 Å². The lowest BCUT2D eigenvalue weighted by molar-refractivity contribution is 0.0735. The van der Waals surface area contributed by atoms with Crippen LogP contribution in [0.25, 0.3) is 0 Å². The van der Waals surface area contributed by atoms with E-state index in [2.05, 4.69) is 5.32 Å². The third-order valence-electron chi connectivity index (χ3n) is 5.78. The van der Waals surface area contributed by atoms with Crippen LogP contribution in [0.2, 0.25) is 0 Å². The number of thiophene rings is 1. The van der Waals surface area contributed by atoms with E-state index in [-0.39, 0.29) is 17.9 Å². The van der Waals surface area contributed by atoms with Crippen molar-refractivity contribution in [2.45, 2.75) is 25.3 Å². The van der Waals surface area contributed by atoms with E-state index in [9.17, 15) is 9.59 Å². The van der Waals surface area contributed by atoms with Crippen LogP contribution in [0.15, 0.2) is 60.0 Å². The van der Waals surface area contributed by atoms with E-state index in [0.717, 1.165) is 36.3 Å². The van der Waals surface area contributed by atoms with E-state index in [1.807, 2.05) is 34.5 Å². The second-order valence-corrected chi connectivity index (χ2v) is 8.87. The van der Waals surface area contributed by atoms with Gasteiger partial charge >= 0.3 is 0 Å². The maximum Gasteiger partial charge on any atom is 0.265 e. The molecule has 3 aromatic rings. The number of hydrogen-bond donors (Lipinski definition) is 1. The zero-order valence-corrected chi connectivity index (χ0v) is 18.4. The van der Waals surface area contributed by atoms with Gasteiger partial charge in [-0.25, -0.2) is 0 Å². The Balaban J connectivity index is 1.35. The van der Waals surface area contributed by atoms with E-state index in [1.165, 1.54) is 11.3 Å². The molecule has 1 fully saturated rings. The van der Waals surface area contributed by atoms with Gasteiger partial charge in [-0.3, -0.25) is 9.59 Å². The highest BCUT2D eigenvalue weighted by atomic mass is 32.1. The van der Waals surface area contributed by atoms with Crippen LogP contribution in [0.5, 0.6) is 11.5 Å². The molecule has 2 aliphatic rings. The first-order valence-electron chi connectivity index (χ1n) is 10.8. The summed E-state index contributed by atoms with van der Waals surface area (Å²) in [5, 5.41) is 4.75. The highest BCUT2D eigenvalue weighted by molar-refractivity contribution is 7.12. The number of amides is 2. The zero-order valence-electron chi connectivity index (χ0n) is 17.6. The molecule has 5 rings (SSSR count). The minimum atomic E-state index is -0.171. The summed E-state index contributed by atoms with van der Waals surface area (Å²) in [6.07, 6.45) is 2.71. The summed E-state index contributed by atoms with van der Waals surface area (Å²) in [5.41, 5.74) is 2.23. The van der Waals surface area contributed by atoms with Crippen molar-refractivity contribution in [2.75, 3.05) is 25.1 Å². The lowest BCUT2D eigenvalue weighted by atomic mass is 10.0. The molecule has 7 heteroatoms. The molecule has 0 spiro atoms. The van der Waals surface area contributed by atoms with Gasteiger partial charge in [0.2, 0.25) is 0 Å². The van der Waals surface area contributed by atoms with Crippen molar-refractivity contribution >= 4 is 28.8 Å². The highest BCUT2D eigenvalue weighted by Crippen LogP contribution is 2.38. The summed E-state index contributed by atoms with van der Waals surface area (Å²) in [6, 6.07) is 16.7. The number of benzene rings is 2. The SMILES string of the molecule is O=C(Nc1cccc(C(=O)N2CCCC2c2ccc3c(c2)OCCCO3)c1)c1cccs1. The molecule has 2 aliphatic heterocycles. The van der Waals surface area contributed by atoms with Crippen LogP contribution < -0.4 is 14.8 Å². The second kappa shape index (κ2) is 9.04. The molecule has 164 valence electrons. The summed E-state index contributed by atoms with van der Waals surface area (Å²) in [6.45, 7) is 1.98. The number of ether oxygens (including phenoxy) is 2. The lowest BCUT2D eigenvalue weighted by Gasteiger charge is -2.26. The Morgan fingerprint density at radius 2 is 1.84 bits per heavy atom. The van der Waals surface area contributed by atoms with Gasteiger partial charge in [-0.05, 0) is 60.2 Å². The van der Waals surface area contributed by atoms with E-state index >= 15 is 0 Å². The van der Waals surface area contributed by atoms with Gasteiger partial charge in [0.25, 0.3) is 11.8 Å². The Morgan fingerprint density at radius 3 is 2.69 bits per heavy atom. The summed E-state index contributed by atoms with van der Waals surface area (Å²) < 4.78 is 11.6. The molecular formula is C25H24N2O4S. The fraction of sp³-hybridized carbons (Fsp3) is 0.280. The van der Waals surface area contributed by atoms with Gasteiger partial charge in [0.1, 0.15) is 0 Å². The van der Waals surface area contributed by atoms with Crippen molar-refractivity contribution in [3.63, 3.8) is 0 Å². The van der Waals surface area contributed by atoms with Crippen molar-refractivity contribution in [1.29, 1.82) is 0 Å². The van der Waals surface area contributed by atoms with Gasteiger partial charge in [0.15, 0.2) is 11.5 Å². The average molecular weight is 449 g/mol. The third-order valence-corrected chi connectivity index (χ3v) is 6.65. The predicted octanol–water partition coefficient (Wildman–Crippen LogP) is 5.14. The first-order valence-corrected chi connectivity index (χ1v) is 11.7. The van der Waals surface area contributed by atoms with Crippen LogP contribution in [0.4, 0.5) is 5.69 Å². The number of fused-ring (bicyclic) bond motifs is 1. The quantitative estimate of drug-likeness (QED) is 0.600. The highest BCUT2D eigenvalue weighted by Gasteiger charge is 2.31. The number of carbonyl (C=O) groups is 2. The van der Waals surface area contributed by atoms with Crippen LogP contribution in [0.3, 0.4) is 0 Å². The first kappa shape index (κ1) is 20.6. The lowest BCUT2D eigenvalue weighted by Crippen LogP contribution is -2.30. The number of hydrogen-bond acceptors (Lipinski definition) is 5. The van der Waals surface area contributed by atoms with Gasteiger partial charge in [-0.2, -0.15) is 0 Å². The Labute approximate surface area is 190 Å². The van der Waals surface area contributed by atoms with Crippen molar-refractivity contribution in [3.05, 3.63) is 76.0 Å². The monoisotopic (exact) mass is 448 g/mol. The number of anilines is 1. The summed E-state index contributed by atoms with van der Waals surface area (Å²) in [7, 11) is 0. The average Bonchev–Trinajstić information content (AvgIpc) is 3.47. The zero-order chi connectivity index (χ0) is 21.9. The molecule has 32 heavy (non-hydrogen) atoms. The molecule has 6 nitrogen and oxygen atoms in total. The van der Waals surface area contributed by atoms with Crippen LogP contribution >= 0.6 is 11.3 Å². The number of nitrogens with zero attached hydrogens (tertiary/aromatic N) is 1. The molecule has 0 bridgehead atoms. The number of nitrogens with one attached hydrogen (secondary N) is 1. The van der Waals surface area contributed by atoms with Crippen molar-refractivity contribution in [2.24, 2.45) is 0 Å². The fourth-order valence-corrected chi connectivity index (χ4v) is 4.86. The van der Waals surface area contributed by atoms with Crippen LogP contribution in [0, 0.1) is 0 Å². The number of likely N-dealkylation sites (tertiary alicyclic amines) is 1. The molecule has 0 aliphatic carbocycles. The molecule has 2 aromatic carbocycles. The Bertz CT molecular complexity index is 1130. The van der Waals surface area contributed by atoms with Gasteiger partial charge in [0, 0.05) is 24.2 Å². The molecule has 1 N–H and O–H groups in total. The third kappa shape index (κ3) is 4.21. The molecule has 0 radical (unpaired) electrons. The van der Waals surface area contributed by atoms with Gasteiger partial charge in [0.05, 0.1) is 24.1 Å². The summed E-state index contributed by atoms with van der Waals surface area (Å²) in [4.78, 5) is 28.3. The van der Waals surface area contributed by atoms with Gasteiger partial charge < -0.3 is 19.7 Å². The normalized spacial score (nSPS) is 17.6. The molecule has 1 saturated heterocycles. The second-order valence-electron chi connectivity index (χ2n) is 7.93. The predicted molar refractivity (Wildman–Crippen MR) is 124 cm³/mol. The molecule has 1 unspecified atom stereocenters. The largest absolute Gasteiger partial charge is 0.490 e. The maximum absolute atomic E-state index is 13.4. The van der Waals surface area contributed by atoms with Crippen LogP contribution in [-0.2, 0) is 0 Å². The van der Waals surface area contributed by atoms with E-state index in [4.69, 9.17) is 9.47 Å². The molecular weight excluding hydrogens is 424 g/mol. The molecule has 0 saturated carbocycles. The van der Waals surface area contributed by atoms with Crippen LogP contribution in [0.1, 0.15) is 50.9 Å². The number of carbonyl (C=O) groups excluding carboxylic acids is 2. The minimum Gasteiger partial charge on any atom is -0.490 e. The fourth-order valence-electron chi connectivity index (χ4n) is 4.24. The van der Waals surface area contributed by atoms with Crippen molar-refractivity contribution in [1.82, 2.24) is 4.90 Å². The minimum absolute atomic E-state index is 0.0102. The molecule has 1 aromatic heterocycles. The molecule has 2 amide bonds. The first-order chi connectivity index (χ1) is 15.7. The molecule has 1 atom stereocenters. The van der Waals surface area contributed by atoms with E-state index < -0.39 is 0 Å². The topological polar surface area (TPSA) is 67.9 Å². The van der Waals surface area contributed by atoms with Crippen molar-refractivity contribution < 1.29 is 19.1 Å². The van der Waals surface area contributed by atoms with Crippen LogP contribution in [-0.4, -0.2) is 36.5 Å². The van der Waals surface area contributed by atoms with E-state index in [0.29, 0.717) is 35.9 Å². The van der Waals surface area contributed by atoms with E-state index in [1.54, 1.807) is 30.3 Å². The Kier molecular flexibility index (Phi) is 5.81. The molecule has 3 heterocycles. The van der Waals surface area contributed by atoms with Gasteiger partial charge in [-0.15, -0.1) is 11.3 Å². The maximum atomic E-state index is 13.4. The summed E-state index contributed by atoms with van der Waals surface area (Å²) >= 11 is 1.38. The van der Waals surface area contributed by atoms with Gasteiger partial charge in [-0.1, -0.05) is 18.2 Å². The standard InChI is InChI=1S/C25H24N2O4S/c28-24(23-8-3-14-32-23)26-19-6-1-5-18(15-19)25(29)27-11-2-7-20(27)17-9-10-21-22(16-17)31-13-4-12-30-21/h1,3,5-6,8-10,14-16,20H,2,4,7,11-13H2,(H,26,28). The Morgan fingerprint density at radius 1 is 0.969 bits per heavy atom.